The van der Waals surface area contributed by atoms with Crippen molar-refractivity contribution >= 4 is 17.2 Å². The number of carbonyl (C=O) groups is 1. The number of benzene rings is 1. The Morgan fingerprint density at radius 3 is 2.57 bits per heavy atom. The third-order valence-corrected chi connectivity index (χ3v) is 3.79. The van der Waals surface area contributed by atoms with E-state index in [-0.39, 0.29) is 12.5 Å². The van der Waals surface area contributed by atoms with E-state index in [0.717, 1.165) is 16.9 Å². The molecule has 0 unspecified atom stereocenters. The smallest absolute Gasteiger partial charge is 0.238 e. The fourth-order valence-corrected chi connectivity index (χ4v) is 2.46. The molecule has 23 heavy (non-hydrogen) atoms. The normalized spacial score (nSPS) is 11.1. The predicted molar refractivity (Wildman–Crippen MR) is 92.4 cm³/mol. The molecule has 2 heterocycles. The molecule has 0 spiro atoms. The molecule has 0 fully saturated rings. The van der Waals surface area contributed by atoms with Crippen LogP contribution in [0.4, 0.5) is 5.69 Å². The fourth-order valence-electron chi connectivity index (χ4n) is 2.46. The minimum atomic E-state index is -0.214. The highest BCUT2D eigenvalue weighted by Crippen LogP contribution is 2.23. The van der Waals surface area contributed by atoms with Gasteiger partial charge in [0.05, 0.1) is 17.9 Å². The van der Waals surface area contributed by atoms with E-state index in [1.54, 1.807) is 0 Å². The minimum absolute atomic E-state index is 0.0323. The van der Waals surface area contributed by atoms with Crippen LogP contribution < -0.4 is 11.1 Å². The lowest BCUT2D eigenvalue weighted by atomic mass is 10.0. The molecule has 0 radical (unpaired) electrons. The maximum atomic E-state index is 11.4. The summed E-state index contributed by atoms with van der Waals surface area (Å²) >= 11 is 0. The predicted octanol–water partition coefficient (Wildman–Crippen LogP) is 3.02. The number of anilines is 1. The first-order chi connectivity index (χ1) is 11.1. The van der Waals surface area contributed by atoms with Crippen LogP contribution in [0.5, 0.6) is 0 Å². The van der Waals surface area contributed by atoms with Gasteiger partial charge in [0, 0.05) is 18.0 Å². The van der Waals surface area contributed by atoms with E-state index < -0.39 is 0 Å². The molecule has 3 aromatic rings. The third-order valence-electron chi connectivity index (χ3n) is 3.79. The van der Waals surface area contributed by atoms with Crippen molar-refractivity contribution in [2.75, 3.05) is 11.9 Å². The highest BCUT2D eigenvalue weighted by molar-refractivity contribution is 5.92. The molecule has 0 atom stereocenters. The van der Waals surface area contributed by atoms with Crippen LogP contribution in [0, 0.1) is 0 Å². The Kier molecular flexibility index (Phi) is 4.12. The van der Waals surface area contributed by atoms with E-state index in [0.29, 0.717) is 11.6 Å². The van der Waals surface area contributed by atoms with Crippen LogP contribution in [0.3, 0.4) is 0 Å². The number of imidazole rings is 1. The Morgan fingerprint density at radius 2 is 1.91 bits per heavy atom. The molecule has 3 N–H and O–H groups in total. The molecule has 0 aliphatic rings. The first kappa shape index (κ1) is 15.2. The van der Waals surface area contributed by atoms with Crippen molar-refractivity contribution in [1.29, 1.82) is 0 Å². The summed E-state index contributed by atoms with van der Waals surface area (Å²) < 4.78 is 1.90. The number of hydrogen-bond donors (Lipinski definition) is 2. The van der Waals surface area contributed by atoms with Gasteiger partial charge in [-0.05, 0) is 23.6 Å². The van der Waals surface area contributed by atoms with Gasteiger partial charge in [-0.25, -0.2) is 4.98 Å². The molecule has 0 saturated heterocycles. The molecule has 5 heteroatoms. The summed E-state index contributed by atoms with van der Waals surface area (Å²) in [6.07, 6.45) is 3.79. The number of pyridine rings is 1. The van der Waals surface area contributed by atoms with E-state index in [1.165, 1.54) is 5.56 Å². The molecule has 2 aromatic heterocycles. The Balaban J connectivity index is 1.91. The van der Waals surface area contributed by atoms with E-state index in [2.05, 4.69) is 48.4 Å². The van der Waals surface area contributed by atoms with Crippen LogP contribution in [0.2, 0.25) is 0 Å². The molecule has 0 aliphatic heterocycles. The first-order valence-corrected chi connectivity index (χ1v) is 7.66. The van der Waals surface area contributed by atoms with Gasteiger partial charge in [0.2, 0.25) is 5.91 Å². The number of amides is 1. The molecule has 0 saturated carbocycles. The summed E-state index contributed by atoms with van der Waals surface area (Å²) in [4.78, 5) is 16.0. The summed E-state index contributed by atoms with van der Waals surface area (Å²) in [6.45, 7) is 4.32. The average molecular weight is 308 g/mol. The molecular formula is C18H20N4O. The quantitative estimate of drug-likeness (QED) is 0.778. The Labute approximate surface area is 135 Å². The van der Waals surface area contributed by atoms with Gasteiger partial charge in [0.1, 0.15) is 5.65 Å². The maximum absolute atomic E-state index is 11.4. The van der Waals surface area contributed by atoms with Crippen molar-refractivity contribution in [2.24, 2.45) is 5.73 Å². The van der Waals surface area contributed by atoms with Gasteiger partial charge >= 0.3 is 0 Å². The summed E-state index contributed by atoms with van der Waals surface area (Å²) in [7, 11) is 0. The largest absolute Gasteiger partial charge is 0.324 e. The molecule has 3 rings (SSSR count). The van der Waals surface area contributed by atoms with Gasteiger partial charge < -0.3 is 15.5 Å². The molecule has 1 aromatic carbocycles. The van der Waals surface area contributed by atoms with Crippen LogP contribution in [0.15, 0.2) is 48.8 Å². The van der Waals surface area contributed by atoms with Crippen LogP contribution in [0.1, 0.15) is 25.3 Å². The van der Waals surface area contributed by atoms with Crippen LogP contribution in [-0.2, 0) is 4.79 Å². The Morgan fingerprint density at radius 1 is 1.17 bits per heavy atom. The maximum Gasteiger partial charge on any atom is 0.238 e. The molecule has 1 amide bonds. The topological polar surface area (TPSA) is 72.4 Å². The highest BCUT2D eigenvalue weighted by Gasteiger charge is 2.07. The van der Waals surface area contributed by atoms with E-state index in [9.17, 15) is 4.79 Å². The summed E-state index contributed by atoms with van der Waals surface area (Å²) in [5.41, 5.74) is 10.1. The molecule has 0 bridgehead atoms. The standard InChI is InChI=1S/C18H20N4O/c1-12(2)13-3-5-14(6-4-13)16-11-22-10-15(20-18(23)9-19)7-8-17(22)21-16/h3-8,10-12H,9,19H2,1-2H3,(H,20,23). The number of fused-ring (bicyclic) bond motifs is 1. The number of carbonyl (C=O) groups excluding carboxylic acids is 1. The van der Waals surface area contributed by atoms with Crippen molar-refractivity contribution in [3.63, 3.8) is 0 Å². The van der Waals surface area contributed by atoms with Crippen molar-refractivity contribution in [1.82, 2.24) is 9.38 Å². The van der Waals surface area contributed by atoms with E-state index in [4.69, 9.17) is 5.73 Å². The SMILES string of the molecule is CC(C)c1ccc(-c2cn3cc(NC(=O)CN)ccc3n2)cc1. The van der Waals surface area contributed by atoms with Gasteiger partial charge in [0.25, 0.3) is 0 Å². The summed E-state index contributed by atoms with van der Waals surface area (Å²) in [6, 6.07) is 12.1. The van der Waals surface area contributed by atoms with Crippen molar-refractivity contribution in [2.45, 2.75) is 19.8 Å². The number of nitrogens with one attached hydrogen (secondary N) is 1. The second-order valence-corrected chi connectivity index (χ2v) is 5.84. The number of rotatable bonds is 4. The Hall–Kier alpha value is -2.66. The molecule has 5 nitrogen and oxygen atoms in total. The van der Waals surface area contributed by atoms with Crippen molar-refractivity contribution < 1.29 is 4.79 Å². The average Bonchev–Trinajstić information content (AvgIpc) is 2.98. The number of nitrogens with zero attached hydrogens (tertiary/aromatic N) is 2. The van der Waals surface area contributed by atoms with Gasteiger partial charge in [-0.1, -0.05) is 38.1 Å². The fraction of sp³-hybridized carbons (Fsp3) is 0.222. The zero-order chi connectivity index (χ0) is 16.4. The van der Waals surface area contributed by atoms with Crippen molar-refractivity contribution in [3.05, 3.63) is 54.4 Å². The van der Waals surface area contributed by atoms with Crippen LogP contribution in [0.25, 0.3) is 16.9 Å². The van der Waals surface area contributed by atoms with Crippen LogP contribution in [-0.4, -0.2) is 21.8 Å². The Bertz CT molecular complexity index is 834. The first-order valence-electron chi connectivity index (χ1n) is 7.66. The van der Waals surface area contributed by atoms with Crippen molar-refractivity contribution in [3.8, 4) is 11.3 Å². The monoisotopic (exact) mass is 308 g/mol. The number of nitrogens with two attached hydrogens (primary N) is 1. The minimum Gasteiger partial charge on any atom is -0.324 e. The van der Waals surface area contributed by atoms with Crippen LogP contribution >= 0.6 is 0 Å². The summed E-state index contributed by atoms with van der Waals surface area (Å²) in [5.74, 6) is 0.299. The van der Waals surface area contributed by atoms with Gasteiger partial charge in [-0.2, -0.15) is 0 Å². The number of aromatic nitrogens is 2. The van der Waals surface area contributed by atoms with E-state index in [1.807, 2.05) is 28.9 Å². The van der Waals surface area contributed by atoms with E-state index >= 15 is 0 Å². The lowest BCUT2D eigenvalue weighted by Gasteiger charge is -2.05. The second-order valence-electron chi connectivity index (χ2n) is 5.84. The lowest BCUT2D eigenvalue weighted by molar-refractivity contribution is -0.114. The molecule has 0 aliphatic carbocycles. The highest BCUT2D eigenvalue weighted by atomic mass is 16.1. The summed E-state index contributed by atoms with van der Waals surface area (Å²) in [5, 5.41) is 2.74. The second kappa shape index (κ2) is 6.22. The molecular weight excluding hydrogens is 288 g/mol. The van der Waals surface area contributed by atoms with Gasteiger partial charge in [-0.15, -0.1) is 0 Å². The molecule has 118 valence electrons. The van der Waals surface area contributed by atoms with Gasteiger partial charge in [0.15, 0.2) is 0 Å². The number of hydrogen-bond acceptors (Lipinski definition) is 3. The lowest BCUT2D eigenvalue weighted by Crippen LogP contribution is -2.21. The third kappa shape index (κ3) is 3.24. The zero-order valence-electron chi connectivity index (χ0n) is 13.3. The van der Waals surface area contributed by atoms with Gasteiger partial charge in [-0.3, -0.25) is 4.79 Å². The zero-order valence-corrected chi connectivity index (χ0v) is 13.3.